The van der Waals surface area contributed by atoms with Gasteiger partial charge in [-0.3, -0.25) is 13.5 Å². The highest BCUT2D eigenvalue weighted by Crippen LogP contribution is 2.17. The lowest BCUT2D eigenvalue weighted by atomic mass is 10.3. The molecular formula is C11H10FNO3S. The molecule has 0 radical (unpaired) electrons. The number of hydrogen-bond acceptors (Lipinski definition) is 4. The number of nitrogens with zero attached hydrogens (tertiary/aromatic N) is 1. The van der Waals surface area contributed by atoms with E-state index in [0.29, 0.717) is 10.1 Å². The van der Waals surface area contributed by atoms with Gasteiger partial charge in [0, 0.05) is 0 Å². The zero-order chi connectivity index (χ0) is 12.4. The van der Waals surface area contributed by atoms with Crippen LogP contribution in [0.25, 0.3) is 10.1 Å². The summed E-state index contributed by atoms with van der Waals surface area (Å²) in [5.41, 5.74) is -0.293. The zero-order valence-corrected chi connectivity index (χ0v) is 9.92. The lowest BCUT2D eigenvalue weighted by Crippen LogP contribution is -2.20. The molecule has 1 aromatic heterocycles. The van der Waals surface area contributed by atoms with Gasteiger partial charge in [-0.1, -0.05) is 11.5 Å². The van der Waals surface area contributed by atoms with Gasteiger partial charge in [0.2, 0.25) is 0 Å². The average Bonchev–Trinajstić information content (AvgIpc) is 2.55. The fourth-order valence-electron chi connectivity index (χ4n) is 1.47. The van der Waals surface area contributed by atoms with Crippen molar-refractivity contribution in [3.05, 3.63) is 34.4 Å². The van der Waals surface area contributed by atoms with Gasteiger partial charge in [-0.2, -0.15) is 0 Å². The molecule has 1 heterocycles. The molecule has 4 nitrogen and oxygen atoms in total. The highest BCUT2D eigenvalue weighted by molar-refractivity contribution is 7.13. The number of rotatable bonds is 3. The van der Waals surface area contributed by atoms with Gasteiger partial charge in [0.05, 0.1) is 16.7 Å². The molecule has 0 aliphatic rings. The minimum absolute atomic E-state index is 0.131. The Kier molecular flexibility index (Phi) is 3.23. The largest absolute Gasteiger partial charge is 0.465 e. The fourth-order valence-corrected chi connectivity index (χ4v) is 2.48. The van der Waals surface area contributed by atoms with Crippen LogP contribution in [0.5, 0.6) is 0 Å². The van der Waals surface area contributed by atoms with Crippen molar-refractivity contribution in [3.8, 4) is 0 Å². The predicted molar refractivity (Wildman–Crippen MR) is 62.7 cm³/mol. The molecule has 0 fully saturated rings. The van der Waals surface area contributed by atoms with Crippen LogP contribution in [0.1, 0.15) is 6.92 Å². The van der Waals surface area contributed by atoms with E-state index in [2.05, 4.69) is 0 Å². The number of esters is 1. The first-order valence-electron chi connectivity index (χ1n) is 5.07. The van der Waals surface area contributed by atoms with Crippen molar-refractivity contribution in [2.45, 2.75) is 13.5 Å². The standard InChI is InChI=1S/C11H10FNO3S/c1-2-16-10(14)6-13-11(15)8-4-3-7(12)5-9(8)17-13/h3-5H,2,6H2,1H3. The van der Waals surface area contributed by atoms with Crippen molar-refractivity contribution in [2.75, 3.05) is 6.61 Å². The van der Waals surface area contributed by atoms with E-state index < -0.39 is 11.8 Å². The topological polar surface area (TPSA) is 48.3 Å². The second-order valence-electron chi connectivity index (χ2n) is 3.38. The molecule has 0 amide bonds. The van der Waals surface area contributed by atoms with Gasteiger partial charge in [0.1, 0.15) is 12.4 Å². The first kappa shape index (κ1) is 11.8. The van der Waals surface area contributed by atoms with Gasteiger partial charge in [-0.25, -0.2) is 4.39 Å². The fraction of sp³-hybridized carbons (Fsp3) is 0.273. The van der Waals surface area contributed by atoms with Crippen molar-refractivity contribution in [3.63, 3.8) is 0 Å². The maximum atomic E-state index is 13.0. The lowest BCUT2D eigenvalue weighted by Gasteiger charge is -2.00. The molecule has 0 N–H and O–H groups in total. The Morgan fingerprint density at radius 2 is 2.29 bits per heavy atom. The number of aromatic nitrogens is 1. The molecular weight excluding hydrogens is 245 g/mol. The maximum Gasteiger partial charge on any atom is 0.327 e. The van der Waals surface area contributed by atoms with Crippen LogP contribution in [0.15, 0.2) is 23.0 Å². The molecule has 0 bridgehead atoms. The molecule has 2 rings (SSSR count). The summed E-state index contributed by atoms with van der Waals surface area (Å²) in [6, 6.07) is 3.93. The number of carbonyl (C=O) groups excluding carboxylic acids is 1. The van der Waals surface area contributed by atoms with E-state index in [9.17, 15) is 14.0 Å². The summed E-state index contributed by atoms with van der Waals surface area (Å²) in [6.45, 7) is 1.84. The average molecular weight is 255 g/mol. The molecule has 90 valence electrons. The Labute approximate surface area is 100 Å². The Bertz CT molecular complexity index is 617. The number of hydrogen-bond donors (Lipinski definition) is 0. The van der Waals surface area contributed by atoms with E-state index in [1.807, 2.05) is 0 Å². The van der Waals surface area contributed by atoms with Crippen LogP contribution in [-0.4, -0.2) is 16.5 Å². The predicted octanol–water partition coefficient (Wildman–Crippen LogP) is 1.77. The third-order valence-electron chi connectivity index (χ3n) is 2.19. The summed E-state index contributed by atoms with van der Waals surface area (Å²) in [5.74, 6) is -0.872. The zero-order valence-electron chi connectivity index (χ0n) is 9.10. The molecule has 0 saturated heterocycles. The number of benzene rings is 1. The molecule has 0 unspecified atom stereocenters. The van der Waals surface area contributed by atoms with Gasteiger partial charge < -0.3 is 4.74 Å². The van der Waals surface area contributed by atoms with Gasteiger partial charge in [0.25, 0.3) is 5.56 Å². The Morgan fingerprint density at radius 1 is 1.53 bits per heavy atom. The second kappa shape index (κ2) is 4.67. The summed E-state index contributed by atoms with van der Waals surface area (Å²) < 4.78 is 19.5. The first-order chi connectivity index (χ1) is 8.11. The van der Waals surface area contributed by atoms with E-state index in [1.54, 1.807) is 6.92 Å². The van der Waals surface area contributed by atoms with Gasteiger partial charge in [0.15, 0.2) is 0 Å². The molecule has 0 saturated carbocycles. The lowest BCUT2D eigenvalue weighted by molar-refractivity contribution is -0.143. The van der Waals surface area contributed by atoms with Gasteiger partial charge in [-0.15, -0.1) is 0 Å². The first-order valence-corrected chi connectivity index (χ1v) is 5.84. The van der Waals surface area contributed by atoms with Crippen LogP contribution in [0.4, 0.5) is 4.39 Å². The van der Waals surface area contributed by atoms with Crippen LogP contribution in [0, 0.1) is 5.82 Å². The summed E-state index contributed by atoms with van der Waals surface area (Å²) in [6.07, 6.45) is 0. The molecule has 0 aliphatic carbocycles. The molecule has 2 aromatic rings. The molecule has 0 aliphatic heterocycles. The molecule has 6 heteroatoms. The van der Waals surface area contributed by atoms with Crippen molar-refractivity contribution in [2.24, 2.45) is 0 Å². The summed E-state index contributed by atoms with van der Waals surface area (Å²) in [7, 11) is 0. The minimum Gasteiger partial charge on any atom is -0.465 e. The number of halogens is 1. The monoisotopic (exact) mass is 255 g/mol. The van der Waals surface area contributed by atoms with Crippen LogP contribution < -0.4 is 5.56 Å². The summed E-state index contributed by atoms with van der Waals surface area (Å²) in [4.78, 5) is 23.1. The second-order valence-corrected chi connectivity index (χ2v) is 4.44. The summed E-state index contributed by atoms with van der Waals surface area (Å²) >= 11 is 1.06. The van der Waals surface area contributed by atoms with Gasteiger partial charge >= 0.3 is 5.97 Å². The van der Waals surface area contributed by atoms with E-state index in [1.165, 1.54) is 22.2 Å². The van der Waals surface area contributed by atoms with E-state index in [0.717, 1.165) is 11.5 Å². The number of carbonyl (C=O) groups is 1. The Hall–Kier alpha value is -1.69. The highest BCUT2D eigenvalue weighted by Gasteiger charge is 2.11. The highest BCUT2D eigenvalue weighted by atomic mass is 32.1. The minimum atomic E-state index is -0.471. The van der Waals surface area contributed by atoms with Crippen molar-refractivity contribution in [1.82, 2.24) is 3.96 Å². The molecule has 0 atom stereocenters. The summed E-state index contributed by atoms with van der Waals surface area (Å²) in [5, 5.41) is 0.417. The molecule has 1 aromatic carbocycles. The Morgan fingerprint density at radius 3 is 3.00 bits per heavy atom. The molecule has 0 spiro atoms. The maximum absolute atomic E-state index is 13.0. The number of fused-ring (bicyclic) bond motifs is 1. The third kappa shape index (κ3) is 2.36. The van der Waals surface area contributed by atoms with E-state index in [4.69, 9.17) is 4.74 Å². The van der Waals surface area contributed by atoms with E-state index >= 15 is 0 Å². The van der Waals surface area contributed by atoms with Crippen molar-refractivity contribution < 1.29 is 13.9 Å². The smallest absolute Gasteiger partial charge is 0.327 e. The normalized spacial score (nSPS) is 10.7. The van der Waals surface area contributed by atoms with Crippen LogP contribution in [0.2, 0.25) is 0 Å². The SMILES string of the molecule is CCOC(=O)Cn1sc2cc(F)ccc2c1=O. The number of ether oxygens (including phenoxy) is 1. The molecule has 17 heavy (non-hydrogen) atoms. The van der Waals surface area contributed by atoms with Crippen LogP contribution in [-0.2, 0) is 16.1 Å². The van der Waals surface area contributed by atoms with Crippen LogP contribution in [0.3, 0.4) is 0 Å². The Balaban J connectivity index is 2.39. The van der Waals surface area contributed by atoms with Gasteiger partial charge in [-0.05, 0) is 25.1 Å². The van der Waals surface area contributed by atoms with Crippen molar-refractivity contribution in [1.29, 1.82) is 0 Å². The van der Waals surface area contributed by atoms with Crippen molar-refractivity contribution >= 4 is 27.6 Å². The van der Waals surface area contributed by atoms with E-state index in [-0.39, 0.29) is 18.7 Å². The van der Waals surface area contributed by atoms with Crippen LogP contribution >= 0.6 is 11.5 Å². The third-order valence-corrected chi connectivity index (χ3v) is 3.24. The quantitative estimate of drug-likeness (QED) is 0.785.